The number of pyridine rings is 1. The lowest BCUT2D eigenvalue weighted by molar-refractivity contribution is -0.132. The predicted molar refractivity (Wildman–Crippen MR) is 76.9 cm³/mol. The maximum atomic E-state index is 12.3. The lowest BCUT2D eigenvalue weighted by atomic mass is 9.74. The predicted octanol–water partition coefficient (Wildman–Crippen LogP) is 1.11. The van der Waals surface area contributed by atoms with Crippen LogP contribution in [0.15, 0.2) is 24.4 Å². The minimum absolute atomic E-state index is 0.0994. The second-order valence-corrected chi connectivity index (χ2v) is 6.07. The normalized spacial score (nSPS) is 12.7. The van der Waals surface area contributed by atoms with E-state index in [9.17, 15) is 4.79 Å². The lowest BCUT2D eigenvalue weighted by Crippen LogP contribution is -2.55. The van der Waals surface area contributed by atoms with Gasteiger partial charge in [0.25, 0.3) is 0 Å². The fourth-order valence-corrected chi connectivity index (χ4v) is 1.68. The Labute approximate surface area is 118 Å². The van der Waals surface area contributed by atoms with Gasteiger partial charge in [-0.3, -0.25) is 9.20 Å². The zero-order valence-electron chi connectivity index (χ0n) is 12.3. The molecule has 2 aromatic heterocycles. The summed E-state index contributed by atoms with van der Waals surface area (Å²) >= 11 is 0. The average Bonchev–Trinajstić information content (AvgIpc) is 2.77. The van der Waals surface area contributed by atoms with Gasteiger partial charge in [0.1, 0.15) is 0 Å². The van der Waals surface area contributed by atoms with Crippen molar-refractivity contribution < 1.29 is 4.79 Å². The van der Waals surface area contributed by atoms with E-state index in [2.05, 4.69) is 15.5 Å². The minimum Gasteiger partial charge on any atom is -0.348 e. The molecule has 3 N–H and O–H groups in total. The topological polar surface area (TPSA) is 85.3 Å². The molecule has 0 spiro atoms. The third-order valence-electron chi connectivity index (χ3n) is 3.97. The number of carbonyl (C=O) groups is 1. The van der Waals surface area contributed by atoms with E-state index in [0.717, 1.165) is 5.65 Å². The highest BCUT2D eigenvalue weighted by Gasteiger charge is 2.40. The molecule has 0 saturated heterocycles. The van der Waals surface area contributed by atoms with Crippen LogP contribution in [0.3, 0.4) is 0 Å². The molecule has 0 aliphatic rings. The van der Waals surface area contributed by atoms with Crippen LogP contribution in [0.4, 0.5) is 0 Å². The second-order valence-electron chi connectivity index (χ2n) is 6.07. The van der Waals surface area contributed by atoms with Crippen LogP contribution in [-0.4, -0.2) is 26.0 Å². The Hall–Kier alpha value is -1.95. The number of fused-ring (bicyclic) bond motifs is 1. The molecule has 20 heavy (non-hydrogen) atoms. The summed E-state index contributed by atoms with van der Waals surface area (Å²) in [7, 11) is 0. The Morgan fingerprint density at radius 1 is 1.30 bits per heavy atom. The Bertz CT molecular complexity index is 624. The molecule has 0 bridgehead atoms. The smallest absolute Gasteiger partial charge is 0.227 e. The molecule has 0 aromatic carbocycles. The van der Waals surface area contributed by atoms with Crippen LogP contribution in [-0.2, 0) is 11.3 Å². The summed E-state index contributed by atoms with van der Waals surface area (Å²) in [4.78, 5) is 12.3. The van der Waals surface area contributed by atoms with Crippen molar-refractivity contribution in [2.24, 2.45) is 11.1 Å². The molecular weight excluding hydrogens is 254 g/mol. The molecule has 0 saturated carbocycles. The summed E-state index contributed by atoms with van der Waals surface area (Å²) in [6.45, 7) is 7.69. The van der Waals surface area contributed by atoms with Crippen molar-refractivity contribution >= 4 is 11.6 Å². The van der Waals surface area contributed by atoms with Crippen molar-refractivity contribution in [3.05, 3.63) is 30.2 Å². The van der Waals surface area contributed by atoms with Gasteiger partial charge in [-0.05, 0) is 39.8 Å². The molecule has 0 radical (unpaired) electrons. The first-order valence-corrected chi connectivity index (χ1v) is 6.59. The monoisotopic (exact) mass is 275 g/mol. The first kappa shape index (κ1) is 14.5. The van der Waals surface area contributed by atoms with Gasteiger partial charge >= 0.3 is 0 Å². The van der Waals surface area contributed by atoms with Gasteiger partial charge in [0.15, 0.2) is 11.5 Å². The van der Waals surface area contributed by atoms with Gasteiger partial charge in [0.05, 0.1) is 12.0 Å². The van der Waals surface area contributed by atoms with Crippen LogP contribution in [0.25, 0.3) is 5.65 Å². The highest BCUT2D eigenvalue weighted by atomic mass is 16.2. The van der Waals surface area contributed by atoms with E-state index in [-0.39, 0.29) is 5.91 Å². The first-order chi connectivity index (χ1) is 9.23. The number of hydrogen-bond acceptors (Lipinski definition) is 4. The van der Waals surface area contributed by atoms with Gasteiger partial charge < -0.3 is 11.1 Å². The maximum Gasteiger partial charge on any atom is 0.227 e. The third kappa shape index (κ3) is 2.51. The lowest BCUT2D eigenvalue weighted by Gasteiger charge is -2.36. The van der Waals surface area contributed by atoms with Gasteiger partial charge in [-0.2, -0.15) is 0 Å². The first-order valence-electron chi connectivity index (χ1n) is 6.59. The summed E-state index contributed by atoms with van der Waals surface area (Å²) in [6.07, 6.45) is 1.87. The third-order valence-corrected chi connectivity index (χ3v) is 3.97. The van der Waals surface area contributed by atoms with Crippen LogP contribution >= 0.6 is 0 Å². The van der Waals surface area contributed by atoms with E-state index in [1.165, 1.54) is 0 Å². The van der Waals surface area contributed by atoms with E-state index in [0.29, 0.717) is 12.4 Å². The molecule has 2 aromatic rings. The standard InChI is InChI=1S/C14H21N5O/c1-13(2,14(3,4)15)12(20)16-9-11-18-17-10-7-5-6-8-19(10)11/h5-8H,9,15H2,1-4H3,(H,16,20). The number of amides is 1. The van der Waals surface area contributed by atoms with Gasteiger partial charge in [0.2, 0.25) is 5.91 Å². The molecule has 0 atom stereocenters. The number of nitrogens with one attached hydrogen (secondary N) is 1. The van der Waals surface area contributed by atoms with E-state index in [1.807, 2.05) is 56.5 Å². The Morgan fingerprint density at radius 2 is 2.00 bits per heavy atom. The number of carbonyl (C=O) groups excluding carboxylic acids is 1. The number of hydrogen-bond donors (Lipinski definition) is 2. The fraction of sp³-hybridized carbons (Fsp3) is 0.500. The quantitative estimate of drug-likeness (QED) is 0.875. The van der Waals surface area contributed by atoms with E-state index in [4.69, 9.17) is 5.73 Å². The van der Waals surface area contributed by atoms with Crippen molar-refractivity contribution in [3.8, 4) is 0 Å². The molecule has 0 fully saturated rings. The minimum atomic E-state index is -0.673. The van der Waals surface area contributed by atoms with Gasteiger partial charge in [0, 0.05) is 11.7 Å². The molecule has 2 heterocycles. The molecule has 0 aliphatic heterocycles. The van der Waals surface area contributed by atoms with Crippen LogP contribution in [0.5, 0.6) is 0 Å². The van der Waals surface area contributed by atoms with Gasteiger partial charge in [-0.1, -0.05) is 6.07 Å². The summed E-state index contributed by atoms with van der Waals surface area (Å²) in [5, 5.41) is 11.0. The van der Waals surface area contributed by atoms with Crippen molar-refractivity contribution in [1.82, 2.24) is 19.9 Å². The maximum absolute atomic E-state index is 12.3. The Kier molecular flexibility index (Phi) is 3.52. The number of aromatic nitrogens is 3. The molecular formula is C14H21N5O. The van der Waals surface area contributed by atoms with Crippen LogP contribution in [0, 0.1) is 5.41 Å². The largest absolute Gasteiger partial charge is 0.348 e. The second kappa shape index (κ2) is 4.86. The average molecular weight is 275 g/mol. The molecule has 6 nitrogen and oxygen atoms in total. The summed E-state index contributed by atoms with van der Waals surface area (Å²) in [5.74, 6) is 0.595. The molecule has 0 aliphatic carbocycles. The summed E-state index contributed by atoms with van der Waals surface area (Å²) in [6, 6.07) is 5.66. The fourth-order valence-electron chi connectivity index (χ4n) is 1.68. The van der Waals surface area contributed by atoms with Gasteiger partial charge in [-0.25, -0.2) is 0 Å². The summed E-state index contributed by atoms with van der Waals surface area (Å²) < 4.78 is 1.85. The number of rotatable bonds is 4. The Balaban J connectivity index is 2.11. The van der Waals surface area contributed by atoms with Gasteiger partial charge in [-0.15, -0.1) is 10.2 Å². The van der Waals surface area contributed by atoms with Crippen LogP contribution in [0.1, 0.15) is 33.5 Å². The summed E-state index contributed by atoms with van der Waals surface area (Å²) in [5.41, 5.74) is 5.54. The number of nitrogens with two attached hydrogens (primary N) is 1. The Morgan fingerprint density at radius 3 is 2.65 bits per heavy atom. The number of nitrogens with zero attached hydrogens (tertiary/aromatic N) is 3. The zero-order valence-corrected chi connectivity index (χ0v) is 12.3. The molecule has 2 rings (SSSR count). The van der Waals surface area contributed by atoms with Crippen LogP contribution in [0.2, 0.25) is 0 Å². The highest BCUT2D eigenvalue weighted by molar-refractivity contribution is 5.83. The van der Waals surface area contributed by atoms with Crippen LogP contribution < -0.4 is 11.1 Å². The van der Waals surface area contributed by atoms with Crippen molar-refractivity contribution in [2.75, 3.05) is 0 Å². The van der Waals surface area contributed by atoms with E-state index < -0.39 is 11.0 Å². The molecule has 6 heteroatoms. The van der Waals surface area contributed by atoms with E-state index in [1.54, 1.807) is 0 Å². The van der Waals surface area contributed by atoms with Crippen molar-refractivity contribution in [2.45, 2.75) is 39.8 Å². The van der Waals surface area contributed by atoms with Crippen molar-refractivity contribution in [1.29, 1.82) is 0 Å². The molecule has 1 amide bonds. The highest BCUT2D eigenvalue weighted by Crippen LogP contribution is 2.28. The molecule has 0 unspecified atom stereocenters. The molecule has 108 valence electrons. The van der Waals surface area contributed by atoms with Crippen molar-refractivity contribution in [3.63, 3.8) is 0 Å². The SMILES string of the molecule is CC(C)(N)C(C)(C)C(=O)NCc1nnc2ccccn12. The van der Waals surface area contributed by atoms with E-state index >= 15 is 0 Å². The zero-order chi connectivity index (χ0) is 15.0.